The van der Waals surface area contributed by atoms with Crippen LogP contribution in [0.5, 0.6) is 0 Å². The van der Waals surface area contributed by atoms with Gasteiger partial charge in [-0.05, 0) is 58.5 Å². The lowest BCUT2D eigenvalue weighted by atomic mass is 10.2. The van der Waals surface area contributed by atoms with E-state index in [-0.39, 0.29) is 0 Å². The van der Waals surface area contributed by atoms with Crippen molar-refractivity contribution in [3.8, 4) is 12.3 Å². The first-order valence-corrected chi connectivity index (χ1v) is 6.53. The number of rotatable bonds is 2. The summed E-state index contributed by atoms with van der Waals surface area (Å²) >= 11 is 3.82. The molecular formula is C13H8INS. The smallest absolute Gasteiger partial charge is 0.101 e. The Morgan fingerprint density at radius 1 is 1.31 bits per heavy atom. The molecule has 0 saturated carbocycles. The molecule has 0 aliphatic carbocycles. The van der Waals surface area contributed by atoms with Gasteiger partial charge in [-0.2, -0.15) is 0 Å². The highest BCUT2D eigenvalue weighted by atomic mass is 127. The second kappa shape index (κ2) is 5.28. The van der Waals surface area contributed by atoms with Crippen LogP contribution >= 0.6 is 33.9 Å². The van der Waals surface area contributed by atoms with Crippen molar-refractivity contribution in [2.75, 3.05) is 0 Å². The lowest BCUT2D eigenvalue weighted by Crippen LogP contribution is -1.79. The number of thiophene rings is 1. The van der Waals surface area contributed by atoms with Crippen molar-refractivity contribution in [1.29, 1.82) is 0 Å². The van der Waals surface area contributed by atoms with Gasteiger partial charge in [-0.25, -0.2) is 0 Å². The summed E-state index contributed by atoms with van der Waals surface area (Å²) in [6.07, 6.45) is 11.3. The van der Waals surface area contributed by atoms with Crippen molar-refractivity contribution < 1.29 is 0 Å². The number of halogens is 1. The second-order valence-corrected chi connectivity index (χ2v) is 5.31. The largest absolute Gasteiger partial charge is 0.250 e. The Balaban J connectivity index is 2.18. The standard InChI is InChI=1S/C13H8INS/c1-2-11-5-6-12(16-11)4-3-10-7-8-15-13(14)9-10/h1,3-9H/b4-3+. The van der Waals surface area contributed by atoms with Gasteiger partial charge in [0.2, 0.25) is 0 Å². The Bertz CT molecular complexity index is 563. The average Bonchev–Trinajstić information content (AvgIpc) is 2.74. The zero-order valence-electron chi connectivity index (χ0n) is 8.35. The molecular weight excluding hydrogens is 329 g/mol. The van der Waals surface area contributed by atoms with Crippen molar-refractivity contribution in [2.45, 2.75) is 0 Å². The fourth-order valence-corrected chi connectivity index (χ4v) is 2.46. The summed E-state index contributed by atoms with van der Waals surface area (Å²) in [6.45, 7) is 0. The Morgan fingerprint density at radius 3 is 2.88 bits per heavy atom. The fourth-order valence-electron chi connectivity index (χ4n) is 1.22. The first kappa shape index (κ1) is 11.4. The quantitative estimate of drug-likeness (QED) is 0.460. The summed E-state index contributed by atoms with van der Waals surface area (Å²) in [7, 11) is 0. The number of hydrogen-bond donors (Lipinski definition) is 0. The van der Waals surface area contributed by atoms with Gasteiger partial charge >= 0.3 is 0 Å². The zero-order chi connectivity index (χ0) is 11.4. The van der Waals surface area contributed by atoms with Crippen molar-refractivity contribution >= 4 is 46.1 Å². The average molecular weight is 337 g/mol. The van der Waals surface area contributed by atoms with E-state index in [1.165, 1.54) is 4.88 Å². The van der Waals surface area contributed by atoms with E-state index in [1.54, 1.807) is 11.3 Å². The van der Waals surface area contributed by atoms with E-state index in [4.69, 9.17) is 6.42 Å². The van der Waals surface area contributed by atoms with E-state index >= 15 is 0 Å². The Morgan fingerprint density at radius 2 is 2.19 bits per heavy atom. The normalized spacial score (nSPS) is 10.5. The van der Waals surface area contributed by atoms with Crippen molar-refractivity contribution in [3.05, 3.63) is 49.5 Å². The molecule has 0 N–H and O–H groups in total. The Labute approximate surface area is 112 Å². The molecule has 0 aliphatic rings. The van der Waals surface area contributed by atoms with Gasteiger partial charge in [0.25, 0.3) is 0 Å². The zero-order valence-corrected chi connectivity index (χ0v) is 11.3. The second-order valence-electron chi connectivity index (χ2n) is 3.09. The monoisotopic (exact) mass is 337 g/mol. The summed E-state index contributed by atoms with van der Waals surface area (Å²) in [5.41, 5.74) is 1.15. The molecule has 0 amide bonds. The SMILES string of the molecule is C#Cc1ccc(/C=C/c2ccnc(I)c2)s1. The number of nitrogens with zero attached hydrogens (tertiary/aromatic N) is 1. The minimum Gasteiger partial charge on any atom is -0.250 e. The molecule has 0 aliphatic heterocycles. The highest BCUT2D eigenvalue weighted by Crippen LogP contribution is 2.18. The van der Waals surface area contributed by atoms with Crippen LogP contribution < -0.4 is 0 Å². The van der Waals surface area contributed by atoms with E-state index in [2.05, 4.69) is 45.6 Å². The first-order valence-electron chi connectivity index (χ1n) is 4.64. The summed E-state index contributed by atoms with van der Waals surface area (Å²) in [6, 6.07) is 8.00. The van der Waals surface area contributed by atoms with E-state index in [9.17, 15) is 0 Å². The van der Waals surface area contributed by atoms with Gasteiger partial charge in [-0.15, -0.1) is 17.8 Å². The molecule has 0 saturated heterocycles. The van der Waals surface area contributed by atoms with Gasteiger partial charge in [-0.1, -0.05) is 12.0 Å². The number of hydrogen-bond acceptors (Lipinski definition) is 2. The van der Waals surface area contributed by atoms with Crippen LogP contribution in [0, 0.1) is 16.0 Å². The maximum absolute atomic E-state index is 5.32. The highest BCUT2D eigenvalue weighted by Gasteiger charge is 1.94. The third-order valence-electron chi connectivity index (χ3n) is 1.96. The molecule has 0 unspecified atom stereocenters. The molecule has 0 fully saturated rings. The van der Waals surface area contributed by atoms with Crippen molar-refractivity contribution in [1.82, 2.24) is 4.98 Å². The van der Waals surface area contributed by atoms with Gasteiger partial charge in [0.1, 0.15) is 3.70 Å². The molecule has 16 heavy (non-hydrogen) atoms. The van der Waals surface area contributed by atoms with Crippen molar-refractivity contribution in [2.24, 2.45) is 0 Å². The summed E-state index contributed by atoms with van der Waals surface area (Å²) in [5, 5.41) is 0. The van der Waals surface area contributed by atoms with Gasteiger partial charge < -0.3 is 0 Å². The van der Waals surface area contributed by atoms with Crippen LogP contribution in [0.15, 0.2) is 30.5 Å². The third kappa shape index (κ3) is 2.94. The summed E-state index contributed by atoms with van der Waals surface area (Å²) < 4.78 is 0.996. The molecule has 2 aromatic rings. The van der Waals surface area contributed by atoms with E-state index < -0.39 is 0 Å². The molecule has 0 aromatic carbocycles. The van der Waals surface area contributed by atoms with E-state index in [1.807, 2.05) is 30.5 Å². The topological polar surface area (TPSA) is 12.9 Å². The Kier molecular flexibility index (Phi) is 3.75. The third-order valence-corrected chi connectivity index (χ3v) is 3.53. The highest BCUT2D eigenvalue weighted by molar-refractivity contribution is 14.1. The van der Waals surface area contributed by atoms with E-state index in [0.29, 0.717) is 0 Å². The summed E-state index contributed by atoms with van der Waals surface area (Å²) in [5.74, 6) is 2.63. The van der Waals surface area contributed by atoms with Crippen LogP contribution in [0.2, 0.25) is 0 Å². The van der Waals surface area contributed by atoms with Crippen LogP contribution in [-0.4, -0.2) is 4.98 Å². The summed E-state index contributed by atoms with van der Waals surface area (Å²) in [4.78, 5) is 6.27. The first-order chi connectivity index (χ1) is 7.78. The molecule has 0 radical (unpaired) electrons. The van der Waals surface area contributed by atoms with Crippen molar-refractivity contribution in [3.63, 3.8) is 0 Å². The van der Waals surface area contributed by atoms with Gasteiger partial charge in [-0.3, -0.25) is 4.98 Å². The molecule has 78 valence electrons. The van der Waals surface area contributed by atoms with Gasteiger partial charge in [0.05, 0.1) is 4.88 Å². The molecule has 2 heterocycles. The maximum Gasteiger partial charge on any atom is 0.101 e. The molecule has 0 bridgehead atoms. The maximum atomic E-state index is 5.32. The number of aromatic nitrogens is 1. The molecule has 0 atom stereocenters. The van der Waals surface area contributed by atoms with Crippen LogP contribution in [0.1, 0.15) is 15.3 Å². The van der Waals surface area contributed by atoms with Crippen LogP contribution in [-0.2, 0) is 0 Å². The van der Waals surface area contributed by atoms with E-state index in [0.717, 1.165) is 14.1 Å². The minimum absolute atomic E-state index is 0.962. The molecule has 1 nitrogen and oxygen atoms in total. The lowest BCUT2D eigenvalue weighted by Gasteiger charge is -1.92. The fraction of sp³-hybridized carbons (Fsp3) is 0. The number of pyridine rings is 1. The molecule has 3 heteroatoms. The minimum atomic E-state index is 0.962. The predicted molar refractivity (Wildman–Crippen MR) is 78.1 cm³/mol. The molecule has 2 rings (SSSR count). The number of terminal acetylenes is 1. The Hall–Kier alpha value is -1.12. The lowest BCUT2D eigenvalue weighted by molar-refractivity contribution is 1.27. The van der Waals surface area contributed by atoms with Crippen LogP contribution in [0.25, 0.3) is 12.2 Å². The molecule has 2 aromatic heterocycles. The molecule has 0 spiro atoms. The van der Waals surface area contributed by atoms with Gasteiger partial charge in [0, 0.05) is 11.1 Å². The predicted octanol–water partition coefficient (Wildman–Crippen LogP) is 3.90. The van der Waals surface area contributed by atoms with Crippen LogP contribution in [0.4, 0.5) is 0 Å². The van der Waals surface area contributed by atoms with Crippen LogP contribution in [0.3, 0.4) is 0 Å². The van der Waals surface area contributed by atoms with Gasteiger partial charge in [0.15, 0.2) is 0 Å².